The van der Waals surface area contributed by atoms with Gasteiger partial charge in [0.15, 0.2) is 0 Å². The molecule has 1 heterocycles. The zero-order valence-corrected chi connectivity index (χ0v) is 12.7. The molecule has 0 saturated heterocycles. The third kappa shape index (κ3) is 3.22. The van der Waals surface area contributed by atoms with Gasteiger partial charge in [-0.05, 0) is 66.7 Å². The Morgan fingerprint density at radius 1 is 1.22 bits per heavy atom. The summed E-state index contributed by atoms with van der Waals surface area (Å²) in [7, 11) is 0. The average Bonchev–Trinajstić information content (AvgIpc) is 3.28. The zero-order chi connectivity index (χ0) is 16.7. The summed E-state index contributed by atoms with van der Waals surface area (Å²) in [6.45, 7) is 2.29. The van der Waals surface area contributed by atoms with E-state index in [0.717, 1.165) is 12.5 Å². The number of benzene rings is 1. The van der Waals surface area contributed by atoms with Gasteiger partial charge in [-0.15, -0.1) is 0 Å². The van der Waals surface area contributed by atoms with Gasteiger partial charge in [0.1, 0.15) is 0 Å². The van der Waals surface area contributed by atoms with Gasteiger partial charge < -0.3 is 10.4 Å². The number of nitrogens with one attached hydrogen (secondary N) is 1. The third-order valence-corrected chi connectivity index (χ3v) is 5.23. The van der Waals surface area contributed by atoms with Crippen molar-refractivity contribution in [1.82, 2.24) is 5.32 Å². The number of aliphatic carboxylic acids is 1. The van der Waals surface area contributed by atoms with Gasteiger partial charge in [-0.2, -0.15) is 13.2 Å². The Labute approximate surface area is 132 Å². The summed E-state index contributed by atoms with van der Waals surface area (Å²) in [5.74, 6) is -1.90. The molecule has 126 valence electrons. The summed E-state index contributed by atoms with van der Waals surface area (Å²) >= 11 is 0. The number of carboxylic acid groups (broad SMARTS) is 1. The van der Waals surface area contributed by atoms with Crippen LogP contribution in [0.5, 0.6) is 0 Å². The Morgan fingerprint density at radius 2 is 1.91 bits per heavy atom. The minimum absolute atomic E-state index is 0.631. The first-order chi connectivity index (χ1) is 10.8. The first-order valence-corrected chi connectivity index (χ1v) is 7.97. The van der Waals surface area contributed by atoms with Crippen LogP contribution in [0.3, 0.4) is 0 Å². The number of alkyl halides is 3. The molecule has 1 fully saturated rings. The van der Waals surface area contributed by atoms with Crippen molar-refractivity contribution in [3.8, 4) is 0 Å². The normalized spacial score (nSPS) is 24.0. The molecule has 1 aromatic carbocycles. The number of rotatable bonds is 0. The first kappa shape index (κ1) is 16.3. The highest BCUT2D eigenvalue weighted by Crippen LogP contribution is 2.58. The van der Waals surface area contributed by atoms with Crippen molar-refractivity contribution in [3.63, 3.8) is 0 Å². The van der Waals surface area contributed by atoms with Crippen molar-refractivity contribution in [2.24, 2.45) is 0 Å². The Kier molecular flexibility index (Phi) is 4.12. The summed E-state index contributed by atoms with van der Waals surface area (Å²) in [6.07, 6.45) is 2.05. The molecule has 0 aromatic heterocycles. The summed E-state index contributed by atoms with van der Waals surface area (Å²) < 4.78 is 31.7. The minimum Gasteiger partial charge on any atom is -0.475 e. The molecule has 6 heteroatoms. The van der Waals surface area contributed by atoms with Gasteiger partial charge in [0.2, 0.25) is 0 Å². The quantitative estimate of drug-likeness (QED) is 0.763. The molecular formula is C17H20F3NO2. The van der Waals surface area contributed by atoms with Crippen LogP contribution in [-0.4, -0.2) is 23.8 Å². The minimum atomic E-state index is -5.08. The Morgan fingerprint density at radius 3 is 2.52 bits per heavy atom. The summed E-state index contributed by atoms with van der Waals surface area (Å²) in [5, 5.41) is 10.7. The van der Waals surface area contributed by atoms with Crippen LogP contribution in [0.15, 0.2) is 18.2 Å². The number of hydrogen-bond acceptors (Lipinski definition) is 2. The van der Waals surface area contributed by atoms with Crippen molar-refractivity contribution in [2.75, 3.05) is 6.54 Å². The number of carboxylic acids is 1. The maximum Gasteiger partial charge on any atom is 0.490 e. The molecule has 2 N–H and O–H groups in total. The van der Waals surface area contributed by atoms with Crippen molar-refractivity contribution < 1.29 is 23.1 Å². The lowest BCUT2D eigenvalue weighted by molar-refractivity contribution is -0.192. The van der Waals surface area contributed by atoms with E-state index in [1.807, 2.05) is 0 Å². The topological polar surface area (TPSA) is 49.3 Å². The van der Waals surface area contributed by atoms with Gasteiger partial charge >= 0.3 is 12.1 Å². The molecule has 3 nitrogen and oxygen atoms in total. The summed E-state index contributed by atoms with van der Waals surface area (Å²) in [6, 6.07) is 7.04. The van der Waals surface area contributed by atoms with Crippen molar-refractivity contribution in [2.45, 2.75) is 56.2 Å². The second kappa shape index (κ2) is 5.82. The fraction of sp³-hybridized carbons (Fsp3) is 0.588. The fourth-order valence-corrected chi connectivity index (χ4v) is 3.90. The molecule has 0 bridgehead atoms. The molecule has 0 radical (unpaired) electrons. The average molecular weight is 327 g/mol. The number of carbonyl (C=O) groups is 1. The maximum absolute atomic E-state index is 10.6. The molecule has 2 aliphatic carbocycles. The van der Waals surface area contributed by atoms with E-state index in [0.29, 0.717) is 5.41 Å². The lowest BCUT2D eigenvalue weighted by Crippen LogP contribution is -2.21. The molecule has 1 spiro atoms. The van der Waals surface area contributed by atoms with Crippen molar-refractivity contribution in [3.05, 3.63) is 34.9 Å². The van der Waals surface area contributed by atoms with Crippen LogP contribution in [0.1, 0.15) is 54.7 Å². The summed E-state index contributed by atoms with van der Waals surface area (Å²) in [4.78, 5) is 8.90. The van der Waals surface area contributed by atoms with Gasteiger partial charge in [-0.1, -0.05) is 18.2 Å². The maximum atomic E-state index is 10.6. The number of halogens is 3. The van der Waals surface area contributed by atoms with Crippen LogP contribution in [0.25, 0.3) is 0 Å². The Balaban J connectivity index is 0.000000193. The molecule has 1 unspecified atom stereocenters. The van der Waals surface area contributed by atoms with Gasteiger partial charge in [0, 0.05) is 6.54 Å². The molecule has 4 rings (SSSR count). The molecule has 0 amide bonds. The SMILES string of the molecule is O=C(O)C(F)(F)F.c1cc2c3c(c1)C1(CCC3CCNC2)CC1. The van der Waals surface area contributed by atoms with Crippen LogP contribution < -0.4 is 5.32 Å². The predicted molar refractivity (Wildman–Crippen MR) is 79.3 cm³/mol. The molecular weight excluding hydrogens is 307 g/mol. The third-order valence-electron chi connectivity index (χ3n) is 5.23. The second-order valence-corrected chi connectivity index (χ2v) is 6.66. The molecule has 23 heavy (non-hydrogen) atoms. The molecule has 1 saturated carbocycles. The molecule has 1 aromatic rings. The van der Waals surface area contributed by atoms with E-state index in [1.54, 1.807) is 16.7 Å². The van der Waals surface area contributed by atoms with E-state index < -0.39 is 12.1 Å². The van der Waals surface area contributed by atoms with Crippen LogP contribution in [0.4, 0.5) is 13.2 Å². The predicted octanol–water partition coefficient (Wildman–Crippen LogP) is 3.72. The lowest BCUT2D eigenvalue weighted by Gasteiger charge is -2.32. The molecule has 1 atom stereocenters. The fourth-order valence-electron chi connectivity index (χ4n) is 3.90. The Bertz CT molecular complexity index is 608. The van der Waals surface area contributed by atoms with Gasteiger partial charge in [0.25, 0.3) is 0 Å². The lowest BCUT2D eigenvalue weighted by atomic mass is 9.72. The van der Waals surface area contributed by atoms with E-state index in [9.17, 15) is 13.2 Å². The van der Waals surface area contributed by atoms with Crippen LogP contribution >= 0.6 is 0 Å². The Hall–Kier alpha value is -1.56. The van der Waals surface area contributed by atoms with E-state index in [2.05, 4.69) is 23.5 Å². The monoisotopic (exact) mass is 327 g/mol. The van der Waals surface area contributed by atoms with Gasteiger partial charge in [-0.3, -0.25) is 0 Å². The van der Waals surface area contributed by atoms with Crippen LogP contribution in [-0.2, 0) is 16.8 Å². The highest BCUT2D eigenvalue weighted by molar-refractivity contribution is 5.73. The van der Waals surface area contributed by atoms with Crippen LogP contribution in [0, 0.1) is 0 Å². The van der Waals surface area contributed by atoms with E-state index in [1.165, 1.54) is 38.6 Å². The number of fused-ring (bicyclic) bond motifs is 1. The molecule has 1 aliphatic heterocycles. The highest BCUT2D eigenvalue weighted by atomic mass is 19.4. The van der Waals surface area contributed by atoms with Crippen molar-refractivity contribution >= 4 is 5.97 Å². The highest BCUT2D eigenvalue weighted by Gasteiger charge is 2.49. The largest absolute Gasteiger partial charge is 0.490 e. The standard InChI is InChI=1S/C15H19N.C2HF3O2/c1-2-12-10-16-9-5-11-4-6-15(7-8-15)13(3-1)14(11)12;3-2(4,5)1(6)7/h1-3,11,16H,4-10H2;(H,6,7). The van der Waals surface area contributed by atoms with Gasteiger partial charge in [-0.25, -0.2) is 4.79 Å². The summed E-state index contributed by atoms with van der Waals surface area (Å²) in [5.41, 5.74) is 5.69. The van der Waals surface area contributed by atoms with Crippen LogP contribution in [0.2, 0.25) is 0 Å². The van der Waals surface area contributed by atoms with Gasteiger partial charge in [0.05, 0.1) is 0 Å². The zero-order valence-electron chi connectivity index (χ0n) is 12.7. The number of hydrogen-bond donors (Lipinski definition) is 2. The van der Waals surface area contributed by atoms with E-state index >= 15 is 0 Å². The first-order valence-electron chi connectivity index (χ1n) is 7.97. The van der Waals surface area contributed by atoms with E-state index in [4.69, 9.17) is 9.90 Å². The van der Waals surface area contributed by atoms with E-state index in [-0.39, 0.29) is 0 Å². The van der Waals surface area contributed by atoms with Crippen molar-refractivity contribution in [1.29, 1.82) is 0 Å². The smallest absolute Gasteiger partial charge is 0.475 e. The second-order valence-electron chi connectivity index (χ2n) is 6.66. The molecule has 3 aliphatic rings.